The monoisotopic (exact) mass is 340 g/mol. The first-order valence-corrected chi connectivity index (χ1v) is 9.14. The van der Waals surface area contributed by atoms with Crippen LogP contribution in [-0.4, -0.2) is 21.7 Å². The second kappa shape index (κ2) is 6.30. The maximum absolute atomic E-state index is 12.7. The third kappa shape index (κ3) is 2.97. The summed E-state index contributed by atoms with van der Waals surface area (Å²) in [5, 5.41) is 13.9. The molecule has 0 spiro atoms. The summed E-state index contributed by atoms with van der Waals surface area (Å²) >= 11 is 0. The van der Waals surface area contributed by atoms with Gasteiger partial charge in [-0.3, -0.25) is 9.59 Å². The lowest BCUT2D eigenvalue weighted by Crippen LogP contribution is -2.28. The molecule has 0 radical (unpaired) electrons. The van der Waals surface area contributed by atoms with E-state index in [-0.39, 0.29) is 23.9 Å². The fourth-order valence-electron chi connectivity index (χ4n) is 4.65. The highest BCUT2D eigenvalue weighted by Gasteiger charge is 2.43. The molecule has 2 fully saturated rings. The maximum Gasteiger partial charge on any atom is 0.258 e. The highest BCUT2D eigenvalue weighted by Crippen LogP contribution is 2.48. The largest absolute Gasteiger partial charge is 0.392 e. The van der Waals surface area contributed by atoms with Gasteiger partial charge in [-0.25, -0.2) is 0 Å². The zero-order valence-electron chi connectivity index (χ0n) is 14.4. The summed E-state index contributed by atoms with van der Waals surface area (Å²) in [4.78, 5) is 25.3. The number of nitrogens with one attached hydrogen (secondary N) is 1. The molecule has 2 unspecified atom stereocenters. The fourth-order valence-corrected chi connectivity index (χ4v) is 4.65. The Morgan fingerprint density at radius 1 is 1.28 bits per heavy atom. The summed E-state index contributed by atoms with van der Waals surface area (Å²) in [6.45, 7) is 1.92. The lowest BCUT2D eigenvalue weighted by atomic mass is 9.88. The van der Waals surface area contributed by atoms with E-state index in [2.05, 4.69) is 5.32 Å². The Bertz CT molecular complexity index is 871. The van der Waals surface area contributed by atoms with Crippen LogP contribution < -0.4 is 10.9 Å². The molecule has 0 saturated heterocycles. The van der Waals surface area contributed by atoms with Crippen molar-refractivity contribution in [2.75, 3.05) is 5.32 Å². The van der Waals surface area contributed by atoms with Gasteiger partial charge in [0.25, 0.3) is 5.56 Å². The number of aromatic nitrogens is 1. The van der Waals surface area contributed by atoms with E-state index in [1.807, 2.05) is 12.1 Å². The van der Waals surface area contributed by atoms with Crippen LogP contribution in [0.5, 0.6) is 0 Å². The van der Waals surface area contributed by atoms with E-state index in [9.17, 15) is 14.7 Å². The summed E-state index contributed by atoms with van der Waals surface area (Å²) in [5.74, 6) is 1.46. The fraction of sp³-hybridized carbons (Fsp3) is 0.500. The smallest absolute Gasteiger partial charge is 0.258 e. The van der Waals surface area contributed by atoms with Crippen LogP contribution in [0.4, 0.5) is 5.69 Å². The minimum atomic E-state index is -0.587. The van der Waals surface area contributed by atoms with Gasteiger partial charge in [0.15, 0.2) is 0 Å². The molecule has 1 amide bonds. The number of aliphatic hydroxyl groups excluding tert-OH is 1. The molecule has 25 heavy (non-hydrogen) atoms. The standard InChI is InChI=1S/C20H24N2O3/c1-12(23)11-22-8-7-15-16(20(22)25)3-2-4-18(15)21-19(24)17-10-13-5-6-14(17)9-13/h2-4,7-8,12-14,17,23H,5-6,9-11H2,1H3,(H,21,24)/t12?,13-,14+,17?/m1/s1. The number of hydrogen-bond donors (Lipinski definition) is 2. The molecule has 1 aromatic heterocycles. The highest BCUT2D eigenvalue weighted by atomic mass is 16.3. The van der Waals surface area contributed by atoms with E-state index in [1.54, 1.807) is 25.3 Å². The first-order chi connectivity index (χ1) is 12.0. The molecule has 0 aliphatic heterocycles. The van der Waals surface area contributed by atoms with Crippen molar-refractivity contribution in [1.82, 2.24) is 4.57 Å². The average molecular weight is 340 g/mol. The van der Waals surface area contributed by atoms with Gasteiger partial charge in [-0.15, -0.1) is 0 Å². The summed E-state index contributed by atoms with van der Waals surface area (Å²) in [7, 11) is 0. The molecule has 4 atom stereocenters. The average Bonchev–Trinajstić information content (AvgIpc) is 3.21. The number of anilines is 1. The molecule has 1 aromatic carbocycles. The van der Waals surface area contributed by atoms with Crippen molar-refractivity contribution in [3.05, 3.63) is 40.8 Å². The van der Waals surface area contributed by atoms with Gasteiger partial charge in [-0.05, 0) is 56.2 Å². The van der Waals surface area contributed by atoms with Gasteiger partial charge in [0.2, 0.25) is 5.91 Å². The van der Waals surface area contributed by atoms with Gasteiger partial charge >= 0.3 is 0 Å². The van der Waals surface area contributed by atoms with Gasteiger partial charge in [-0.1, -0.05) is 12.5 Å². The predicted octanol–water partition coefficient (Wildman–Crippen LogP) is 2.76. The molecular formula is C20H24N2O3. The third-order valence-electron chi connectivity index (χ3n) is 5.81. The van der Waals surface area contributed by atoms with Crippen LogP contribution in [0.3, 0.4) is 0 Å². The topological polar surface area (TPSA) is 71.3 Å². The molecule has 1 heterocycles. The van der Waals surface area contributed by atoms with Crippen LogP contribution >= 0.6 is 0 Å². The molecule has 2 aromatic rings. The number of rotatable bonds is 4. The Morgan fingerprint density at radius 3 is 2.80 bits per heavy atom. The van der Waals surface area contributed by atoms with E-state index in [4.69, 9.17) is 0 Å². The van der Waals surface area contributed by atoms with Crippen molar-refractivity contribution in [3.63, 3.8) is 0 Å². The molecule has 2 aliphatic rings. The van der Waals surface area contributed by atoms with Gasteiger partial charge < -0.3 is 15.0 Å². The summed E-state index contributed by atoms with van der Waals surface area (Å²) in [6.07, 6.45) is 5.73. The molecule has 2 bridgehead atoms. The van der Waals surface area contributed by atoms with Crippen molar-refractivity contribution < 1.29 is 9.90 Å². The van der Waals surface area contributed by atoms with Crippen LogP contribution in [-0.2, 0) is 11.3 Å². The molecule has 5 nitrogen and oxygen atoms in total. The molecule has 2 saturated carbocycles. The number of nitrogens with zero attached hydrogens (tertiary/aromatic N) is 1. The number of amides is 1. The summed E-state index contributed by atoms with van der Waals surface area (Å²) in [5.41, 5.74) is 0.556. The number of aliphatic hydroxyl groups is 1. The second-order valence-corrected chi connectivity index (χ2v) is 7.66. The number of benzene rings is 1. The predicted molar refractivity (Wildman–Crippen MR) is 97.5 cm³/mol. The van der Waals surface area contributed by atoms with Crippen LogP contribution in [0.15, 0.2) is 35.3 Å². The molecule has 5 heteroatoms. The molecule has 132 valence electrons. The Labute approximate surface area is 146 Å². The Morgan fingerprint density at radius 2 is 2.12 bits per heavy atom. The first-order valence-electron chi connectivity index (χ1n) is 9.14. The molecule has 4 rings (SSSR count). The van der Waals surface area contributed by atoms with Crippen LogP contribution in [0.25, 0.3) is 10.8 Å². The number of carbonyl (C=O) groups is 1. The van der Waals surface area contributed by atoms with Crippen molar-refractivity contribution in [1.29, 1.82) is 0 Å². The number of carbonyl (C=O) groups excluding carboxylic acids is 1. The van der Waals surface area contributed by atoms with Crippen LogP contribution in [0, 0.1) is 17.8 Å². The van der Waals surface area contributed by atoms with Gasteiger partial charge in [0, 0.05) is 28.6 Å². The van der Waals surface area contributed by atoms with E-state index < -0.39 is 6.10 Å². The molecule has 2 N–H and O–H groups in total. The summed E-state index contributed by atoms with van der Waals surface area (Å²) < 4.78 is 1.51. The van der Waals surface area contributed by atoms with Crippen molar-refractivity contribution in [3.8, 4) is 0 Å². The zero-order valence-corrected chi connectivity index (χ0v) is 14.4. The molecule has 2 aliphatic carbocycles. The van der Waals surface area contributed by atoms with E-state index in [0.717, 1.165) is 17.7 Å². The van der Waals surface area contributed by atoms with Gasteiger partial charge in [0.05, 0.1) is 12.6 Å². The van der Waals surface area contributed by atoms with E-state index in [0.29, 0.717) is 17.0 Å². The van der Waals surface area contributed by atoms with Crippen LogP contribution in [0.2, 0.25) is 0 Å². The Hall–Kier alpha value is -2.14. The Balaban J connectivity index is 1.63. The lowest BCUT2D eigenvalue weighted by molar-refractivity contribution is -0.121. The third-order valence-corrected chi connectivity index (χ3v) is 5.81. The SMILES string of the molecule is CC(O)Cn1ccc2c(NC(=O)C3C[C@@H]4CC[C@H]3C4)cccc2c1=O. The molecular weight excluding hydrogens is 316 g/mol. The van der Waals surface area contributed by atoms with Crippen LogP contribution in [0.1, 0.15) is 32.6 Å². The number of hydrogen-bond acceptors (Lipinski definition) is 3. The lowest BCUT2D eigenvalue weighted by Gasteiger charge is -2.21. The normalized spacial score (nSPS) is 26.1. The second-order valence-electron chi connectivity index (χ2n) is 7.66. The van der Waals surface area contributed by atoms with Crippen molar-refractivity contribution in [2.24, 2.45) is 17.8 Å². The minimum Gasteiger partial charge on any atom is -0.392 e. The van der Waals surface area contributed by atoms with Crippen molar-refractivity contribution in [2.45, 2.75) is 45.3 Å². The van der Waals surface area contributed by atoms with E-state index in [1.165, 1.54) is 23.8 Å². The first kappa shape index (κ1) is 16.3. The maximum atomic E-state index is 12.7. The van der Waals surface area contributed by atoms with E-state index >= 15 is 0 Å². The minimum absolute atomic E-state index is 0.0906. The quantitative estimate of drug-likeness (QED) is 0.899. The summed E-state index contributed by atoms with van der Waals surface area (Å²) in [6, 6.07) is 7.26. The number of fused-ring (bicyclic) bond motifs is 3. The highest BCUT2D eigenvalue weighted by molar-refractivity contribution is 6.02. The zero-order chi connectivity index (χ0) is 17.6. The number of pyridine rings is 1. The van der Waals surface area contributed by atoms with Gasteiger partial charge in [0.1, 0.15) is 0 Å². The van der Waals surface area contributed by atoms with Crippen molar-refractivity contribution >= 4 is 22.4 Å². The van der Waals surface area contributed by atoms with Gasteiger partial charge in [-0.2, -0.15) is 0 Å². The Kier molecular flexibility index (Phi) is 4.12.